The van der Waals surface area contributed by atoms with Crippen LogP contribution in [0, 0.1) is 0 Å². The molecule has 0 aromatic carbocycles. The summed E-state index contributed by atoms with van der Waals surface area (Å²) in [6.45, 7) is 0. The zero-order valence-corrected chi connectivity index (χ0v) is 7.47. The normalized spacial score (nSPS) is 19.6. The van der Waals surface area contributed by atoms with E-state index < -0.39 is 5.69 Å². The highest BCUT2D eigenvalue weighted by Crippen LogP contribution is 2.30. The number of hydrogen-bond donors (Lipinski definition) is 4. The van der Waals surface area contributed by atoms with Crippen molar-refractivity contribution in [2.45, 2.75) is 5.08 Å². The largest absolute Gasteiger partial charge is 0.383 e. The summed E-state index contributed by atoms with van der Waals surface area (Å²) in [6.07, 6.45) is 0. The van der Waals surface area contributed by atoms with Crippen molar-refractivity contribution in [3.8, 4) is 0 Å². The molecule has 0 amide bonds. The second-order valence-corrected chi connectivity index (χ2v) is 3.25. The summed E-state index contributed by atoms with van der Waals surface area (Å²) in [7, 11) is 0. The summed E-state index contributed by atoms with van der Waals surface area (Å²) in [5, 5.41) is 5.69. The fraction of sp³-hybridized carbons (Fsp3) is 0.200. The molecule has 64 valence electrons. The molecular formula is C5H6BrN5O. The third kappa shape index (κ3) is 1.02. The van der Waals surface area contributed by atoms with Crippen LogP contribution in [-0.2, 0) is 0 Å². The van der Waals surface area contributed by atoms with Crippen molar-refractivity contribution in [3.05, 3.63) is 10.5 Å². The van der Waals surface area contributed by atoms with Crippen LogP contribution in [0.2, 0.25) is 0 Å². The molecule has 1 aliphatic heterocycles. The highest BCUT2D eigenvalue weighted by molar-refractivity contribution is 9.09. The van der Waals surface area contributed by atoms with Crippen LogP contribution < -0.4 is 22.1 Å². The van der Waals surface area contributed by atoms with Crippen LogP contribution >= 0.6 is 15.9 Å². The van der Waals surface area contributed by atoms with E-state index >= 15 is 0 Å². The average Bonchev–Trinajstić information content (AvgIpc) is 2.29. The zero-order chi connectivity index (χ0) is 8.72. The quantitative estimate of drug-likeness (QED) is 0.369. The van der Waals surface area contributed by atoms with Crippen molar-refractivity contribution >= 4 is 33.3 Å². The first-order valence-electron chi connectivity index (χ1n) is 3.24. The Bertz CT molecular complexity index is 375. The van der Waals surface area contributed by atoms with Gasteiger partial charge in [-0.05, 0) is 15.9 Å². The third-order valence-corrected chi connectivity index (χ3v) is 1.95. The Labute approximate surface area is 75.7 Å². The van der Waals surface area contributed by atoms with Crippen molar-refractivity contribution in [3.63, 3.8) is 0 Å². The van der Waals surface area contributed by atoms with Gasteiger partial charge in [-0.15, -0.1) is 0 Å². The lowest BCUT2D eigenvalue weighted by molar-refractivity contribution is 1.10. The van der Waals surface area contributed by atoms with Crippen LogP contribution in [0.4, 0.5) is 17.3 Å². The molecule has 0 saturated heterocycles. The molecule has 2 rings (SSSR count). The van der Waals surface area contributed by atoms with Gasteiger partial charge in [0.1, 0.15) is 11.5 Å². The number of hydrogen-bond acceptors (Lipinski definition) is 5. The summed E-state index contributed by atoms with van der Waals surface area (Å²) in [6, 6.07) is 0. The smallest absolute Gasteiger partial charge is 0.348 e. The van der Waals surface area contributed by atoms with Crippen LogP contribution in [0.3, 0.4) is 0 Å². The third-order valence-electron chi connectivity index (χ3n) is 1.50. The molecule has 5 N–H and O–H groups in total. The number of H-pyrrole nitrogens is 1. The van der Waals surface area contributed by atoms with Crippen molar-refractivity contribution in [2.24, 2.45) is 0 Å². The van der Waals surface area contributed by atoms with E-state index in [1.807, 2.05) is 0 Å². The Kier molecular flexibility index (Phi) is 1.47. The van der Waals surface area contributed by atoms with Crippen LogP contribution in [0.15, 0.2) is 4.79 Å². The number of anilines is 3. The maximum Gasteiger partial charge on any atom is 0.348 e. The topological polar surface area (TPSA) is 95.8 Å². The fourth-order valence-electron chi connectivity index (χ4n) is 1.02. The number of nitrogens with one attached hydrogen (secondary N) is 3. The predicted octanol–water partition coefficient (Wildman–Crippen LogP) is -0.132. The first-order chi connectivity index (χ1) is 5.66. The van der Waals surface area contributed by atoms with Gasteiger partial charge < -0.3 is 16.4 Å². The second-order valence-electron chi connectivity index (χ2n) is 2.33. The SMILES string of the molecule is Nc1[nH]c(=O)nc2c1NC(Br)N2. The van der Waals surface area contributed by atoms with E-state index in [2.05, 4.69) is 36.5 Å². The van der Waals surface area contributed by atoms with E-state index in [0.717, 1.165) is 0 Å². The van der Waals surface area contributed by atoms with Crippen molar-refractivity contribution < 1.29 is 0 Å². The second kappa shape index (κ2) is 2.37. The van der Waals surface area contributed by atoms with Gasteiger partial charge in [0.25, 0.3) is 0 Å². The number of alkyl halides is 1. The Morgan fingerprint density at radius 1 is 1.50 bits per heavy atom. The summed E-state index contributed by atoms with van der Waals surface area (Å²) in [4.78, 5) is 16.9. The molecule has 7 heteroatoms. The standard InChI is InChI=1S/C5H6BrN5O/c6-4-8-1-2(7)9-5(12)11-3(1)10-4/h4,8H,(H4,7,9,10,11,12). The van der Waals surface area contributed by atoms with Crippen molar-refractivity contribution in [1.29, 1.82) is 0 Å². The van der Waals surface area contributed by atoms with E-state index in [4.69, 9.17) is 5.73 Å². The summed E-state index contributed by atoms with van der Waals surface area (Å²) < 4.78 is 0. The van der Waals surface area contributed by atoms with Gasteiger partial charge in [0, 0.05) is 0 Å². The monoisotopic (exact) mass is 231 g/mol. The van der Waals surface area contributed by atoms with Crippen LogP contribution in [0.5, 0.6) is 0 Å². The lowest BCUT2D eigenvalue weighted by atomic mass is 10.4. The maximum atomic E-state index is 10.8. The van der Waals surface area contributed by atoms with E-state index in [1.165, 1.54) is 0 Å². The number of rotatable bonds is 0. The van der Waals surface area contributed by atoms with Crippen LogP contribution in [-0.4, -0.2) is 15.0 Å². The van der Waals surface area contributed by atoms with Gasteiger partial charge in [-0.25, -0.2) is 4.79 Å². The molecule has 1 aromatic heterocycles. The molecule has 2 heterocycles. The molecule has 1 aromatic rings. The van der Waals surface area contributed by atoms with E-state index in [0.29, 0.717) is 17.3 Å². The molecule has 0 spiro atoms. The number of nitrogen functional groups attached to an aromatic ring is 1. The fourth-order valence-corrected chi connectivity index (χ4v) is 1.47. The number of nitrogens with zero attached hydrogens (tertiary/aromatic N) is 1. The molecule has 0 saturated carbocycles. The molecule has 0 fully saturated rings. The number of halogens is 1. The molecule has 1 atom stereocenters. The summed E-state index contributed by atoms with van der Waals surface area (Å²) in [5.41, 5.74) is 5.68. The van der Waals surface area contributed by atoms with Gasteiger partial charge in [0.2, 0.25) is 0 Å². The van der Waals surface area contributed by atoms with Gasteiger partial charge in [-0.2, -0.15) is 4.98 Å². The van der Waals surface area contributed by atoms with Gasteiger partial charge in [0.05, 0.1) is 0 Å². The highest BCUT2D eigenvalue weighted by atomic mass is 79.9. The Balaban J connectivity index is 2.60. The predicted molar refractivity (Wildman–Crippen MR) is 49.2 cm³/mol. The Morgan fingerprint density at radius 2 is 2.25 bits per heavy atom. The van der Waals surface area contributed by atoms with Crippen molar-refractivity contribution in [1.82, 2.24) is 9.97 Å². The minimum atomic E-state index is -0.456. The minimum Gasteiger partial charge on any atom is -0.383 e. The molecule has 1 aliphatic rings. The first-order valence-corrected chi connectivity index (χ1v) is 4.15. The molecular weight excluding hydrogens is 226 g/mol. The van der Waals surface area contributed by atoms with E-state index in [1.54, 1.807) is 0 Å². The molecule has 6 nitrogen and oxygen atoms in total. The highest BCUT2D eigenvalue weighted by Gasteiger charge is 2.21. The number of aromatic nitrogens is 2. The summed E-state index contributed by atoms with van der Waals surface area (Å²) in [5.74, 6) is 0.762. The molecule has 0 bridgehead atoms. The number of fused-ring (bicyclic) bond motifs is 1. The molecule has 1 unspecified atom stereocenters. The zero-order valence-electron chi connectivity index (χ0n) is 5.89. The lowest BCUT2D eigenvalue weighted by Crippen LogP contribution is -2.13. The van der Waals surface area contributed by atoms with Gasteiger partial charge in [-0.3, -0.25) is 4.98 Å². The Morgan fingerprint density at radius 3 is 3.00 bits per heavy atom. The number of aromatic amines is 1. The van der Waals surface area contributed by atoms with Crippen LogP contribution in [0.1, 0.15) is 0 Å². The minimum absolute atomic E-state index is 0.127. The molecule has 12 heavy (non-hydrogen) atoms. The van der Waals surface area contributed by atoms with Gasteiger partial charge >= 0.3 is 5.69 Å². The molecule has 0 radical (unpaired) electrons. The maximum absolute atomic E-state index is 10.8. The Hall–Kier alpha value is -1.24. The first kappa shape index (κ1) is 7.41. The number of nitrogens with two attached hydrogens (primary N) is 1. The lowest BCUT2D eigenvalue weighted by Gasteiger charge is -2.00. The summed E-state index contributed by atoms with van der Waals surface area (Å²) >= 11 is 3.24. The van der Waals surface area contributed by atoms with Gasteiger partial charge in [-0.1, -0.05) is 0 Å². The van der Waals surface area contributed by atoms with E-state index in [-0.39, 0.29) is 5.08 Å². The van der Waals surface area contributed by atoms with Gasteiger partial charge in [0.15, 0.2) is 10.9 Å². The van der Waals surface area contributed by atoms with E-state index in [9.17, 15) is 4.79 Å². The molecule has 0 aliphatic carbocycles. The van der Waals surface area contributed by atoms with Crippen molar-refractivity contribution in [2.75, 3.05) is 16.4 Å². The average molecular weight is 232 g/mol. The van der Waals surface area contributed by atoms with Crippen LogP contribution in [0.25, 0.3) is 0 Å².